The number of nitrogens with zero attached hydrogens (tertiary/aromatic N) is 1. The Balaban J connectivity index is 1.85. The van der Waals surface area contributed by atoms with Crippen LogP contribution in [-0.4, -0.2) is 18.5 Å². The number of carbonyl (C=O) groups is 1. The molecular formula is C17H18N2O. The zero-order valence-corrected chi connectivity index (χ0v) is 11.3. The van der Waals surface area contributed by atoms with E-state index in [2.05, 4.69) is 6.07 Å². The minimum Gasteiger partial charge on any atom is -0.326 e. The average Bonchev–Trinajstić information content (AvgIpc) is 2.47. The van der Waals surface area contributed by atoms with Crippen molar-refractivity contribution in [3.8, 4) is 0 Å². The molecule has 3 heteroatoms. The molecule has 0 fully saturated rings. The van der Waals surface area contributed by atoms with E-state index in [1.54, 1.807) is 0 Å². The van der Waals surface area contributed by atoms with Crippen LogP contribution in [0, 0.1) is 0 Å². The number of hydrogen-bond acceptors (Lipinski definition) is 2. The highest BCUT2D eigenvalue weighted by molar-refractivity contribution is 5.96. The molecule has 1 aliphatic rings. The van der Waals surface area contributed by atoms with Crippen molar-refractivity contribution in [2.45, 2.75) is 18.9 Å². The number of hydrogen-bond donors (Lipinski definition) is 1. The quantitative estimate of drug-likeness (QED) is 0.905. The fraction of sp³-hybridized carbons (Fsp3) is 0.235. The van der Waals surface area contributed by atoms with Crippen molar-refractivity contribution >= 4 is 11.6 Å². The average molecular weight is 266 g/mol. The summed E-state index contributed by atoms with van der Waals surface area (Å²) in [7, 11) is 0. The first-order chi connectivity index (χ1) is 9.74. The summed E-state index contributed by atoms with van der Waals surface area (Å²) in [6.07, 6.45) is 1.26. The number of carbonyl (C=O) groups excluding carboxylic acids is 1. The molecule has 3 nitrogen and oxygen atoms in total. The van der Waals surface area contributed by atoms with Crippen molar-refractivity contribution < 1.29 is 4.79 Å². The van der Waals surface area contributed by atoms with Crippen LogP contribution >= 0.6 is 0 Å². The van der Waals surface area contributed by atoms with Crippen LogP contribution in [0.25, 0.3) is 0 Å². The molecule has 1 aliphatic heterocycles. The van der Waals surface area contributed by atoms with Crippen LogP contribution in [0.5, 0.6) is 0 Å². The van der Waals surface area contributed by atoms with Crippen LogP contribution in [-0.2, 0) is 17.6 Å². The lowest BCUT2D eigenvalue weighted by molar-refractivity contribution is -0.118. The van der Waals surface area contributed by atoms with Gasteiger partial charge in [-0.25, -0.2) is 0 Å². The van der Waals surface area contributed by atoms with Crippen molar-refractivity contribution in [1.29, 1.82) is 0 Å². The first kappa shape index (κ1) is 12.9. The molecule has 0 aromatic heterocycles. The van der Waals surface area contributed by atoms with Gasteiger partial charge in [0, 0.05) is 18.3 Å². The molecule has 0 saturated carbocycles. The maximum Gasteiger partial charge on any atom is 0.231 e. The van der Waals surface area contributed by atoms with Crippen LogP contribution in [0.1, 0.15) is 11.1 Å². The number of nitrogens with two attached hydrogens (primary N) is 1. The van der Waals surface area contributed by atoms with Gasteiger partial charge in [-0.05, 0) is 23.6 Å². The van der Waals surface area contributed by atoms with Gasteiger partial charge in [0.2, 0.25) is 5.91 Å². The normalized spacial score (nSPS) is 17.6. The Bertz CT molecular complexity index is 609. The van der Waals surface area contributed by atoms with E-state index >= 15 is 0 Å². The SMILES string of the molecule is NC1Cc2ccccc2N(C(=O)Cc2ccccc2)C1. The number of benzene rings is 2. The Morgan fingerprint density at radius 3 is 2.60 bits per heavy atom. The maximum absolute atomic E-state index is 12.5. The van der Waals surface area contributed by atoms with E-state index in [1.165, 1.54) is 0 Å². The van der Waals surface area contributed by atoms with Gasteiger partial charge in [-0.15, -0.1) is 0 Å². The lowest BCUT2D eigenvalue weighted by Gasteiger charge is -2.33. The zero-order valence-electron chi connectivity index (χ0n) is 11.3. The molecule has 3 rings (SSSR count). The molecule has 1 amide bonds. The van der Waals surface area contributed by atoms with E-state index in [4.69, 9.17) is 5.73 Å². The summed E-state index contributed by atoms with van der Waals surface area (Å²) < 4.78 is 0. The van der Waals surface area contributed by atoms with Gasteiger partial charge in [0.15, 0.2) is 0 Å². The van der Waals surface area contributed by atoms with Crippen molar-refractivity contribution in [3.63, 3.8) is 0 Å². The Kier molecular flexibility index (Phi) is 3.52. The molecule has 102 valence electrons. The van der Waals surface area contributed by atoms with Crippen molar-refractivity contribution in [2.24, 2.45) is 5.73 Å². The number of amides is 1. The van der Waals surface area contributed by atoms with Crippen LogP contribution in [0.4, 0.5) is 5.69 Å². The summed E-state index contributed by atoms with van der Waals surface area (Å²) in [6, 6.07) is 17.9. The molecule has 0 radical (unpaired) electrons. The van der Waals surface area contributed by atoms with Crippen LogP contribution in [0.3, 0.4) is 0 Å². The minimum absolute atomic E-state index is 0.0182. The molecule has 0 bridgehead atoms. The number of para-hydroxylation sites is 1. The number of anilines is 1. The lowest BCUT2D eigenvalue weighted by atomic mass is 9.97. The Labute approximate surface area is 119 Å². The van der Waals surface area contributed by atoms with Gasteiger partial charge in [0.05, 0.1) is 6.42 Å². The highest BCUT2D eigenvalue weighted by atomic mass is 16.2. The molecule has 20 heavy (non-hydrogen) atoms. The maximum atomic E-state index is 12.5. The van der Waals surface area contributed by atoms with Crippen molar-refractivity contribution in [3.05, 3.63) is 65.7 Å². The van der Waals surface area contributed by atoms with Crippen LogP contribution in [0.15, 0.2) is 54.6 Å². The van der Waals surface area contributed by atoms with Crippen LogP contribution in [0.2, 0.25) is 0 Å². The van der Waals surface area contributed by atoms with Gasteiger partial charge in [0.25, 0.3) is 0 Å². The van der Waals surface area contributed by atoms with E-state index in [0.29, 0.717) is 13.0 Å². The summed E-state index contributed by atoms with van der Waals surface area (Å²) in [5.74, 6) is 0.110. The first-order valence-electron chi connectivity index (χ1n) is 6.92. The molecule has 2 aromatic carbocycles. The molecule has 1 unspecified atom stereocenters. The second kappa shape index (κ2) is 5.47. The topological polar surface area (TPSA) is 46.3 Å². The van der Waals surface area contributed by atoms with Crippen LogP contribution < -0.4 is 10.6 Å². The third-order valence-corrected chi connectivity index (χ3v) is 3.68. The lowest BCUT2D eigenvalue weighted by Crippen LogP contribution is -2.46. The van der Waals surface area contributed by atoms with Gasteiger partial charge < -0.3 is 10.6 Å². The van der Waals surface area contributed by atoms with E-state index in [-0.39, 0.29) is 11.9 Å². The van der Waals surface area contributed by atoms with E-state index < -0.39 is 0 Å². The van der Waals surface area contributed by atoms with E-state index in [9.17, 15) is 4.79 Å². The molecule has 2 N–H and O–H groups in total. The number of rotatable bonds is 2. The van der Waals surface area contributed by atoms with Gasteiger partial charge in [0.1, 0.15) is 0 Å². The first-order valence-corrected chi connectivity index (χ1v) is 6.92. The minimum atomic E-state index is 0.0182. The van der Waals surface area contributed by atoms with Gasteiger partial charge >= 0.3 is 0 Å². The van der Waals surface area contributed by atoms with Gasteiger partial charge in [-0.1, -0.05) is 48.5 Å². The largest absolute Gasteiger partial charge is 0.326 e. The molecule has 1 atom stereocenters. The Morgan fingerprint density at radius 1 is 1.10 bits per heavy atom. The summed E-state index contributed by atoms with van der Waals surface area (Å²) in [5, 5.41) is 0. The monoisotopic (exact) mass is 266 g/mol. The molecule has 0 saturated heterocycles. The summed E-state index contributed by atoms with van der Waals surface area (Å²) in [4.78, 5) is 14.4. The standard InChI is InChI=1S/C17H18N2O/c18-15-11-14-8-4-5-9-16(14)19(12-15)17(20)10-13-6-2-1-3-7-13/h1-9,15H,10-12,18H2. The van der Waals surface area contributed by atoms with E-state index in [1.807, 2.05) is 53.4 Å². The summed E-state index contributed by atoms with van der Waals surface area (Å²) in [6.45, 7) is 0.600. The highest BCUT2D eigenvalue weighted by Gasteiger charge is 2.26. The predicted octanol–water partition coefficient (Wildman–Crippen LogP) is 2.15. The molecule has 2 aromatic rings. The van der Waals surface area contributed by atoms with Gasteiger partial charge in [-0.3, -0.25) is 4.79 Å². The zero-order chi connectivity index (χ0) is 13.9. The third kappa shape index (κ3) is 2.58. The van der Waals surface area contributed by atoms with Gasteiger partial charge in [-0.2, -0.15) is 0 Å². The summed E-state index contributed by atoms with van der Waals surface area (Å²) in [5.41, 5.74) is 9.28. The van der Waals surface area contributed by atoms with Crippen molar-refractivity contribution in [1.82, 2.24) is 0 Å². The summed E-state index contributed by atoms with van der Waals surface area (Å²) >= 11 is 0. The molecular weight excluding hydrogens is 248 g/mol. The Morgan fingerprint density at radius 2 is 1.80 bits per heavy atom. The molecule has 1 heterocycles. The van der Waals surface area contributed by atoms with E-state index in [0.717, 1.165) is 23.2 Å². The fourth-order valence-electron chi connectivity index (χ4n) is 2.73. The fourth-order valence-corrected chi connectivity index (χ4v) is 2.73. The second-order valence-corrected chi connectivity index (χ2v) is 5.26. The molecule has 0 spiro atoms. The predicted molar refractivity (Wildman–Crippen MR) is 80.6 cm³/mol. The Hall–Kier alpha value is -2.13. The highest BCUT2D eigenvalue weighted by Crippen LogP contribution is 2.26. The smallest absolute Gasteiger partial charge is 0.231 e. The molecule has 0 aliphatic carbocycles. The third-order valence-electron chi connectivity index (χ3n) is 3.68. The number of fused-ring (bicyclic) bond motifs is 1. The van der Waals surface area contributed by atoms with Crippen molar-refractivity contribution in [2.75, 3.05) is 11.4 Å². The second-order valence-electron chi connectivity index (χ2n) is 5.26.